The lowest BCUT2D eigenvalue weighted by molar-refractivity contribution is 0.197. The molecule has 1 aromatic carbocycles. The molecule has 2 atom stereocenters. The van der Waals surface area contributed by atoms with Gasteiger partial charge < -0.3 is 15.1 Å². The van der Waals surface area contributed by atoms with Crippen LogP contribution in [0, 0.1) is 12.7 Å². The summed E-state index contributed by atoms with van der Waals surface area (Å²) in [7, 11) is 0. The number of anilines is 1. The van der Waals surface area contributed by atoms with Crippen LogP contribution in [0.3, 0.4) is 0 Å². The second kappa shape index (κ2) is 5.88. The minimum atomic E-state index is -0.716. The van der Waals surface area contributed by atoms with Crippen molar-refractivity contribution in [1.82, 2.24) is 0 Å². The van der Waals surface area contributed by atoms with Crippen LogP contribution in [-0.4, -0.2) is 29.4 Å². The molecule has 0 spiro atoms. The van der Waals surface area contributed by atoms with E-state index in [9.17, 15) is 14.6 Å². The van der Waals surface area contributed by atoms with Gasteiger partial charge in [-0.05, 0) is 50.8 Å². The third-order valence-corrected chi connectivity index (χ3v) is 3.91. The van der Waals surface area contributed by atoms with Crippen LogP contribution in [0.2, 0.25) is 0 Å². The summed E-state index contributed by atoms with van der Waals surface area (Å²) in [6.07, 6.45) is 2.39. The Hall–Kier alpha value is -1.13. The molecular formula is C15H22FNO2. The Morgan fingerprint density at radius 2 is 2.16 bits per heavy atom. The van der Waals surface area contributed by atoms with E-state index in [0.29, 0.717) is 11.1 Å². The fourth-order valence-electron chi connectivity index (χ4n) is 2.77. The van der Waals surface area contributed by atoms with E-state index in [1.165, 1.54) is 6.07 Å². The average molecular weight is 267 g/mol. The molecule has 3 nitrogen and oxygen atoms in total. The van der Waals surface area contributed by atoms with Gasteiger partial charge in [-0.15, -0.1) is 0 Å². The van der Waals surface area contributed by atoms with Crippen molar-refractivity contribution in [1.29, 1.82) is 0 Å². The SMILES string of the molecule is Cc1cc(N2CCCCC2CO)c(C(C)O)cc1F. The predicted octanol–water partition coefficient (Wildman–Crippen LogP) is 2.54. The van der Waals surface area contributed by atoms with Crippen LogP contribution in [0.5, 0.6) is 0 Å². The first-order valence-corrected chi connectivity index (χ1v) is 6.90. The monoisotopic (exact) mass is 267 g/mol. The molecular weight excluding hydrogens is 245 g/mol. The number of hydrogen-bond acceptors (Lipinski definition) is 3. The minimum absolute atomic E-state index is 0.0658. The second-order valence-corrected chi connectivity index (χ2v) is 5.36. The van der Waals surface area contributed by atoms with Crippen LogP contribution in [0.15, 0.2) is 12.1 Å². The standard InChI is InChI=1S/C15H22FNO2/c1-10-7-15(13(11(2)19)8-14(10)16)17-6-4-3-5-12(17)9-18/h7-8,11-12,18-19H,3-6,9H2,1-2H3. The summed E-state index contributed by atoms with van der Waals surface area (Å²) in [6.45, 7) is 4.31. The van der Waals surface area contributed by atoms with Crippen molar-refractivity contribution < 1.29 is 14.6 Å². The van der Waals surface area contributed by atoms with E-state index in [4.69, 9.17) is 0 Å². The molecule has 106 valence electrons. The minimum Gasteiger partial charge on any atom is -0.394 e. The highest BCUT2D eigenvalue weighted by atomic mass is 19.1. The van der Waals surface area contributed by atoms with E-state index >= 15 is 0 Å². The molecule has 1 aromatic rings. The lowest BCUT2D eigenvalue weighted by Gasteiger charge is -2.38. The van der Waals surface area contributed by atoms with Crippen molar-refractivity contribution in [2.75, 3.05) is 18.1 Å². The van der Waals surface area contributed by atoms with Crippen LogP contribution < -0.4 is 4.90 Å². The van der Waals surface area contributed by atoms with Gasteiger partial charge in [-0.1, -0.05) is 0 Å². The number of benzene rings is 1. The van der Waals surface area contributed by atoms with E-state index in [1.54, 1.807) is 19.9 Å². The molecule has 0 bridgehead atoms. The molecule has 1 saturated heterocycles. The zero-order valence-corrected chi connectivity index (χ0v) is 11.6. The van der Waals surface area contributed by atoms with Crippen molar-refractivity contribution in [3.63, 3.8) is 0 Å². The molecule has 1 fully saturated rings. The summed E-state index contributed by atoms with van der Waals surface area (Å²) in [5.41, 5.74) is 2.03. The highest BCUT2D eigenvalue weighted by Gasteiger charge is 2.25. The van der Waals surface area contributed by atoms with E-state index in [2.05, 4.69) is 4.90 Å². The molecule has 2 unspecified atom stereocenters. The summed E-state index contributed by atoms with van der Waals surface area (Å²) in [5, 5.41) is 19.4. The van der Waals surface area contributed by atoms with E-state index in [-0.39, 0.29) is 18.5 Å². The van der Waals surface area contributed by atoms with Crippen LogP contribution in [0.25, 0.3) is 0 Å². The number of aliphatic hydroxyl groups excluding tert-OH is 2. The molecule has 0 radical (unpaired) electrons. The van der Waals surface area contributed by atoms with Gasteiger partial charge in [-0.25, -0.2) is 4.39 Å². The topological polar surface area (TPSA) is 43.7 Å². The highest BCUT2D eigenvalue weighted by Crippen LogP contribution is 2.33. The van der Waals surface area contributed by atoms with Crippen molar-refractivity contribution in [2.45, 2.75) is 45.3 Å². The highest BCUT2D eigenvalue weighted by molar-refractivity contribution is 5.57. The molecule has 19 heavy (non-hydrogen) atoms. The fraction of sp³-hybridized carbons (Fsp3) is 0.600. The fourth-order valence-corrected chi connectivity index (χ4v) is 2.77. The number of hydrogen-bond donors (Lipinski definition) is 2. The second-order valence-electron chi connectivity index (χ2n) is 5.36. The maximum atomic E-state index is 13.7. The molecule has 2 rings (SSSR count). The van der Waals surface area contributed by atoms with Crippen LogP contribution >= 0.6 is 0 Å². The maximum Gasteiger partial charge on any atom is 0.126 e. The van der Waals surface area contributed by atoms with Gasteiger partial charge in [0, 0.05) is 17.8 Å². The number of halogens is 1. The molecule has 4 heteroatoms. The number of nitrogens with zero attached hydrogens (tertiary/aromatic N) is 1. The molecule has 1 heterocycles. The van der Waals surface area contributed by atoms with Crippen molar-refractivity contribution in [2.24, 2.45) is 0 Å². The van der Waals surface area contributed by atoms with Gasteiger partial charge in [0.05, 0.1) is 18.8 Å². The summed E-state index contributed by atoms with van der Waals surface area (Å²) in [6, 6.07) is 3.26. The molecule has 0 saturated carbocycles. The first-order chi connectivity index (χ1) is 9.04. The predicted molar refractivity (Wildman–Crippen MR) is 73.8 cm³/mol. The van der Waals surface area contributed by atoms with Gasteiger partial charge >= 0.3 is 0 Å². The van der Waals surface area contributed by atoms with Crippen molar-refractivity contribution in [3.8, 4) is 0 Å². The number of aliphatic hydroxyl groups is 2. The van der Waals surface area contributed by atoms with Crippen molar-refractivity contribution >= 4 is 5.69 Å². The van der Waals surface area contributed by atoms with Crippen molar-refractivity contribution in [3.05, 3.63) is 29.1 Å². The summed E-state index contributed by atoms with van der Waals surface area (Å²) < 4.78 is 13.7. The number of rotatable bonds is 3. The lowest BCUT2D eigenvalue weighted by atomic mass is 9.97. The summed E-state index contributed by atoms with van der Waals surface area (Å²) in [4.78, 5) is 2.11. The van der Waals surface area contributed by atoms with Crippen LogP contribution in [-0.2, 0) is 0 Å². The molecule has 0 aromatic heterocycles. The molecule has 2 N–H and O–H groups in total. The quantitative estimate of drug-likeness (QED) is 0.884. The van der Waals surface area contributed by atoms with Crippen LogP contribution in [0.1, 0.15) is 43.4 Å². The maximum absolute atomic E-state index is 13.7. The molecule has 0 amide bonds. The normalized spacial score (nSPS) is 21.5. The van der Waals surface area contributed by atoms with E-state index < -0.39 is 6.10 Å². The third-order valence-electron chi connectivity index (χ3n) is 3.91. The smallest absolute Gasteiger partial charge is 0.126 e. The lowest BCUT2D eigenvalue weighted by Crippen LogP contribution is -2.42. The molecule has 0 aliphatic carbocycles. The Bertz CT molecular complexity index is 448. The first kappa shape index (κ1) is 14.3. The molecule has 1 aliphatic heterocycles. The average Bonchev–Trinajstić information content (AvgIpc) is 2.41. The van der Waals surface area contributed by atoms with E-state index in [0.717, 1.165) is 31.5 Å². The van der Waals surface area contributed by atoms with Gasteiger partial charge in [0.2, 0.25) is 0 Å². The zero-order valence-electron chi connectivity index (χ0n) is 11.6. The Labute approximate surface area is 113 Å². The number of piperidine rings is 1. The van der Waals surface area contributed by atoms with Gasteiger partial charge in [-0.3, -0.25) is 0 Å². The first-order valence-electron chi connectivity index (χ1n) is 6.90. The number of aryl methyl sites for hydroxylation is 1. The van der Waals surface area contributed by atoms with Gasteiger partial charge in [0.1, 0.15) is 5.82 Å². The van der Waals surface area contributed by atoms with Gasteiger partial charge in [0.25, 0.3) is 0 Å². The Morgan fingerprint density at radius 3 is 2.79 bits per heavy atom. The van der Waals surface area contributed by atoms with E-state index in [1.807, 2.05) is 0 Å². The third kappa shape index (κ3) is 2.90. The Kier molecular flexibility index (Phi) is 4.42. The summed E-state index contributed by atoms with van der Waals surface area (Å²) in [5.74, 6) is -0.294. The zero-order chi connectivity index (χ0) is 14.0. The van der Waals surface area contributed by atoms with Gasteiger partial charge in [0.15, 0.2) is 0 Å². The van der Waals surface area contributed by atoms with Gasteiger partial charge in [-0.2, -0.15) is 0 Å². The Morgan fingerprint density at radius 1 is 1.42 bits per heavy atom. The van der Waals surface area contributed by atoms with Crippen LogP contribution in [0.4, 0.5) is 10.1 Å². The Balaban J connectivity index is 2.44. The summed E-state index contributed by atoms with van der Waals surface area (Å²) >= 11 is 0. The largest absolute Gasteiger partial charge is 0.394 e. The molecule has 1 aliphatic rings.